The summed E-state index contributed by atoms with van der Waals surface area (Å²) in [5, 5.41) is 9.82. The van der Waals surface area contributed by atoms with E-state index in [0.29, 0.717) is 5.75 Å². The van der Waals surface area contributed by atoms with Gasteiger partial charge in [0.1, 0.15) is 5.25 Å². The second-order valence-corrected chi connectivity index (χ2v) is 5.39. The number of thiol groups is 1. The third-order valence-corrected chi connectivity index (χ3v) is 3.71. The normalized spacial score (nSPS) is 13.7. The highest BCUT2D eigenvalue weighted by Crippen LogP contribution is 2.20. The first kappa shape index (κ1) is 14.9. The Morgan fingerprint density at radius 2 is 2.00 bits per heavy atom. The van der Waals surface area contributed by atoms with Gasteiger partial charge in [-0.1, -0.05) is 37.3 Å². The van der Waals surface area contributed by atoms with Crippen LogP contribution in [0.15, 0.2) is 30.3 Å². The number of hydrogen-bond acceptors (Lipinski definition) is 4. The smallest absolute Gasteiger partial charge is 0.336 e. The molecule has 2 atom stereocenters. The van der Waals surface area contributed by atoms with Gasteiger partial charge in [0.2, 0.25) is 5.91 Å². The molecule has 4 nitrogen and oxygen atoms in total. The lowest BCUT2D eigenvalue weighted by Gasteiger charge is -2.16. The van der Waals surface area contributed by atoms with E-state index < -0.39 is 22.5 Å². The van der Waals surface area contributed by atoms with E-state index in [1.807, 2.05) is 13.0 Å². The second-order valence-electron chi connectivity index (χ2n) is 3.50. The molecule has 1 aromatic rings. The lowest BCUT2D eigenvalue weighted by Crippen LogP contribution is -2.40. The zero-order valence-corrected chi connectivity index (χ0v) is 11.6. The molecule has 0 aliphatic heterocycles. The number of benzene rings is 1. The number of carboxylic acid groups (broad SMARTS) is 1. The predicted octanol–water partition coefficient (Wildman–Crippen LogP) is 1.94. The topological polar surface area (TPSA) is 66.4 Å². The van der Waals surface area contributed by atoms with Crippen LogP contribution in [0.2, 0.25) is 0 Å². The molecule has 0 aromatic heterocycles. The average Bonchev–Trinajstić information content (AvgIpc) is 2.38. The van der Waals surface area contributed by atoms with Gasteiger partial charge in [-0.25, -0.2) is 4.79 Å². The van der Waals surface area contributed by atoms with Gasteiger partial charge in [-0.3, -0.25) is 4.79 Å². The third-order valence-electron chi connectivity index (χ3n) is 2.19. The minimum Gasteiger partial charge on any atom is -0.479 e. The van der Waals surface area contributed by atoms with Crippen molar-refractivity contribution >= 4 is 36.3 Å². The van der Waals surface area contributed by atoms with Crippen LogP contribution in [-0.4, -0.2) is 28.1 Å². The number of rotatable bonds is 6. The fourth-order valence-corrected chi connectivity index (χ4v) is 2.26. The molecular formula is C12H15NO3S2. The average molecular weight is 285 g/mol. The molecule has 0 radical (unpaired) electrons. The van der Waals surface area contributed by atoms with Crippen molar-refractivity contribution in [3.8, 4) is 0 Å². The molecule has 0 aliphatic carbocycles. The van der Waals surface area contributed by atoms with Crippen molar-refractivity contribution in [1.82, 2.24) is 5.32 Å². The fraction of sp³-hybridized carbons (Fsp3) is 0.333. The molecule has 0 aliphatic rings. The molecule has 1 amide bonds. The first-order chi connectivity index (χ1) is 8.56. The van der Waals surface area contributed by atoms with Crippen molar-refractivity contribution in [3.63, 3.8) is 0 Å². The maximum atomic E-state index is 11.9. The summed E-state index contributed by atoms with van der Waals surface area (Å²) in [4.78, 5) is 22.8. The Morgan fingerprint density at radius 3 is 2.50 bits per heavy atom. The monoisotopic (exact) mass is 285 g/mol. The number of nitrogens with one attached hydrogen (secondary N) is 1. The number of thioether (sulfide) groups is 1. The van der Waals surface area contributed by atoms with E-state index in [9.17, 15) is 9.59 Å². The molecule has 2 N–H and O–H groups in total. The predicted molar refractivity (Wildman–Crippen MR) is 75.9 cm³/mol. The minimum atomic E-state index is -1.05. The molecule has 0 saturated heterocycles. The van der Waals surface area contributed by atoms with Crippen molar-refractivity contribution in [2.45, 2.75) is 17.5 Å². The van der Waals surface area contributed by atoms with Crippen molar-refractivity contribution < 1.29 is 14.7 Å². The lowest BCUT2D eigenvalue weighted by atomic mass is 10.1. The van der Waals surface area contributed by atoms with Crippen LogP contribution in [-0.2, 0) is 9.59 Å². The Labute approximate surface area is 116 Å². The highest BCUT2D eigenvalue weighted by Gasteiger charge is 2.23. The number of carbonyl (C=O) groups is 2. The van der Waals surface area contributed by atoms with Gasteiger partial charge in [-0.2, -0.15) is 12.6 Å². The van der Waals surface area contributed by atoms with Crippen molar-refractivity contribution in [2.75, 3.05) is 5.75 Å². The summed E-state index contributed by atoms with van der Waals surface area (Å²) in [7, 11) is 0. The molecule has 0 bridgehead atoms. The molecular weight excluding hydrogens is 270 g/mol. The number of carbonyl (C=O) groups excluding carboxylic acids is 1. The van der Waals surface area contributed by atoms with E-state index in [4.69, 9.17) is 5.11 Å². The Morgan fingerprint density at radius 1 is 1.39 bits per heavy atom. The Kier molecular flexibility index (Phi) is 6.07. The van der Waals surface area contributed by atoms with Gasteiger partial charge in [0.25, 0.3) is 0 Å². The number of hydrogen-bond donors (Lipinski definition) is 3. The summed E-state index contributed by atoms with van der Waals surface area (Å²) in [6.07, 6.45) is 0. The first-order valence-electron chi connectivity index (χ1n) is 5.44. The van der Waals surface area contributed by atoms with Crippen LogP contribution in [0.1, 0.15) is 17.7 Å². The number of aliphatic carboxylic acids is 1. The first-order valence-corrected chi connectivity index (χ1v) is 7.00. The molecule has 0 saturated carbocycles. The molecule has 6 heteroatoms. The van der Waals surface area contributed by atoms with Gasteiger partial charge in [-0.05, 0) is 11.3 Å². The maximum absolute atomic E-state index is 11.9. The lowest BCUT2D eigenvalue weighted by molar-refractivity contribution is -0.139. The molecule has 1 aromatic carbocycles. The van der Waals surface area contributed by atoms with Crippen LogP contribution in [0, 0.1) is 0 Å². The van der Waals surface area contributed by atoms with E-state index in [0.717, 1.165) is 17.3 Å². The quantitative estimate of drug-likeness (QED) is 0.552. The summed E-state index contributed by atoms with van der Waals surface area (Å²) in [6.45, 7) is 1.84. The highest BCUT2D eigenvalue weighted by molar-refractivity contribution is 8.00. The van der Waals surface area contributed by atoms with Crippen LogP contribution in [0.3, 0.4) is 0 Å². The summed E-state index contributed by atoms with van der Waals surface area (Å²) in [6, 6.07) is 9.01. The van der Waals surface area contributed by atoms with Gasteiger partial charge in [0.15, 0.2) is 5.37 Å². The molecule has 0 spiro atoms. The van der Waals surface area contributed by atoms with E-state index in [2.05, 4.69) is 17.9 Å². The molecule has 98 valence electrons. The maximum Gasteiger partial charge on any atom is 0.336 e. The largest absolute Gasteiger partial charge is 0.479 e. The molecule has 2 unspecified atom stereocenters. The van der Waals surface area contributed by atoms with Gasteiger partial charge in [0, 0.05) is 0 Å². The molecule has 18 heavy (non-hydrogen) atoms. The minimum absolute atomic E-state index is 0.405. The zero-order chi connectivity index (χ0) is 13.5. The Bertz CT molecular complexity index is 411. The van der Waals surface area contributed by atoms with E-state index in [-0.39, 0.29) is 0 Å². The van der Waals surface area contributed by atoms with Gasteiger partial charge in [0.05, 0.1) is 0 Å². The molecule has 0 fully saturated rings. The Balaban J connectivity index is 2.67. The molecule has 1 rings (SSSR count). The standard InChI is InChI=1S/C12H15NO3S2/c1-2-18-11(12(15)16)13-10(14)9(17)8-6-4-3-5-7-8/h3-7,9,11,17H,2H2,1H3,(H,13,14)(H,15,16). The van der Waals surface area contributed by atoms with Crippen LogP contribution in [0.5, 0.6) is 0 Å². The van der Waals surface area contributed by atoms with Crippen molar-refractivity contribution in [1.29, 1.82) is 0 Å². The van der Waals surface area contributed by atoms with Crippen LogP contribution in [0.4, 0.5) is 0 Å². The number of carboxylic acids is 1. The summed E-state index contributed by atoms with van der Waals surface area (Å²) in [5.74, 6) is -0.846. The fourth-order valence-electron chi connectivity index (χ4n) is 1.34. The Hall–Kier alpha value is -1.14. The van der Waals surface area contributed by atoms with Crippen LogP contribution >= 0.6 is 24.4 Å². The van der Waals surface area contributed by atoms with Gasteiger partial charge < -0.3 is 10.4 Å². The SMILES string of the molecule is CCSC(NC(=O)C(S)c1ccccc1)C(=O)O. The zero-order valence-electron chi connectivity index (χ0n) is 9.87. The van der Waals surface area contributed by atoms with E-state index in [1.165, 1.54) is 0 Å². The van der Waals surface area contributed by atoms with Crippen molar-refractivity contribution in [2.24, 2.45) is 0 Å². The van der Waals surface area contributed by atoms with E-state index >= 15 is 0 Å². The summed E-state index contributed by atoms with van der Waals surface area (Å²) < 4.78 is 0. The second kappa shape index (κ2) is 7.33. The summed E-state index contributed by atoms with van der Waals surface area (Å²) in [5.41, 5.74) is 0.740. The van der Waals surface area contributed by atoms with Crippen LogP contribution in [0.25, 0.3) is 0 Å². The van der Waals surface area contributed by atoms with E-state index in [1.54, 1.807) is 24.3 Å². The summed E-state index contributed by atoms with van der Waals surface area (Å²) >= 11 is 5.37. The number of amides is 1. The van der Waals surface area contributed by atoms with Crippen molar-refractivity contribution in [3.05, 3.63) is 35.9 Å². The van der Waals surface area contributed by atoms with Gasteiger partial charge in [-0.15, -0.1) is 11.8 Å². The molecule has 0 heterocycles. The highest BCUT2D eigenvalue weighted by atomic mass is 32.2. The van der Waals surface area contributed by atoms with Crippen LogP contribution < -0.4 is 5.32 Å². The van der Waals surface area contributed by atoms with Gasteiger partial charge >= 0.3 is 5.97 Å². The third kappa shape index (κ3) is 4.27.